The van der Waals surface area contributed by atoms with Crippen molar-refractivity contribution < 1.29 is 14.3 Å². The Hall–Kier alpha value is -2.37. The largest absolute Gasteiger partial charge is 0.449 e. The van der Waals surface area contributed by atoms with Crippen molar-refractivity contribution in [1.82, 2.24) is 9.55 Å². The molecule has 22 heavy (non-hydrogen) atoms. The maximum absolute atomic E-state index is 12.2. The van der Waals surface area contributed by atoms with Gasteiger partial charge in [-0.05, 0) is 38.0 Å². The van der Waals surface area contributed by atoms with E-state index in [-0.39, 0.29) is 0 Å². The Morgan fingerprint density at radius 2 is 2.14 bits per heavy atom. The molecule has 6 heteroatoms. The average Bonchev–Trinajstić information content (AvgIpc) is 2.77. The van der Waals surface area contributed by atoms with E-state index in [2.05, 4.69) is 4.98 Å². The number of aromatic nitrogens is 2. The average molecular weight is 303 g/mol. The normalized spacial score (nSPS) is 12.3. The summed E-state index contributed by atoms with van der Waals surface area (Å²) < 4.78 is 7.18. The first-order valence-corrected chi connectivity index (χ1v) is 7.37. The van der Waals surface area contributed by atoms with Gasteiger partial charge in [-0.1, -0.05) is 13.3 Å². The molecule has 0 fully saturated rings. The number of carbonyl (C=O) groups excluding carboxylic acids is 2. The number of nitrogens with zero attached hydrogens (tertiary/aromatic N) is 2. The number of unbranched alkanes of at least 4 members (excludes halogenated alkanes) is 1. The van der Waals surface area contributed by atoms with Crippen molar-refractivity contribution in [3.05, 3.63) is 29.6 Å². The third-order valence-corrected chi connectivity index (χ3v) is 3.73. The van der Waals surface area contributed by atoms with E-state index in [4.69, 9.17) is 10.5 Å². The van der Waals surface area contributed by atoms with Crippen molar-refractivity contribution in [2.45, 2.75) is 39.2 Å². The van der Waals surface area contributed by atoms with Gasteiger partial charge in [-0.2, -0.15) is 0 Å². The monoisotopic (exact) mass is 303 g/mol. The van der Waals surface area contributed by atoms with Crippen LogP contribution in [0.1, 0.15) is 42.4 Å². The fraction of sp³-hybridized carbons (Fsp3) is 0.438. The summed E-state index contributed by atoms with van der Waals surface area (Å²) in [5, 5.41) is 0. The van der Waals surface area contributed by atoms with Crippen LogP contribution in [0.3, 0.4) is 0 Å². The number of nitrogens with two attached hydrogens (primary N) is 1. The van der Waals surface area contributed by atoms with Gasteiger partial charge >= 0.3 is 5.97 Å². The van der Waals surface area contributed by atoms with Gasteiger partial charge in [0.15, 0.2) is 6.10 Å². The van der Waals surface area contributed by atoms with Crippen molar-refractivity contribution in [2.75, 3.05) is 0 Å². The molecule has 1 aromatic carbocycles. The molecule has 0 aliphatic rings. The molecular weight excluding hydrogens is 282 g/mol. The summed E-state index contributed by atoms with van der Waals surface area (Å²) >= 11 is 0. The predicted molar refractivity (Wildman–Crippen MR) is 83.4 cm³/mol. The number of imidazole rings is 1. The molecule has 0 bridgehead atoms. The molecule has 1 heterocycles. The fourth-order valence-electron chi connectivity index (χ4n) is 2.29. The van der Waals surface area contributed by atoms with Crippen LogP contribution in [0.4, 0.5) is 0 Å². The highest BCUT2D eigenvalue weighted by molar-refractivity contribution is 5.95. The zero-order valence-electron chi connectivity index (χ0n) is 13.1. The Balaban J connectivity index is 2.19. The van der Waals surface area contributed by atoms with Gasteiger partial charge in [-0.3, -0.25) is 4.79 Å². The lowest BCUT2D eigenvalue weighted by atomic mass is 10.1. The summed E-state index contributed by atoms with van der Waals surface area (Å²) in [4.78, 5) is 27.9. The van der Waals surface area contributed by atoms with Gasteiger partial charge in [-0.25, -0.2) is 9.78 Å². The van der Waals surface area contributed by atoms with Crippen LogP contribution in [0.2, 0.25) is 0 Å². The van der Waals surface area contributed by atoms with Crippen LogP contribution in [0.25, 0.3) is 11.0 Å². The van der Waals surface area contributed by atoms with E-state index >= 15 is 0 Å². The molecule has 6 nitrogen and oxygen atoms in total. The molecule has 0 saturated heterocycles. The van der Waals surface area contributed by atoms with Crippen molar-refractivity contribution in [3.63, 3.8) is 0 Å². The molecule has 118 valence electrons. The molecule has 1 amide bonds. The summed E-state index contributed by atoms with van der Waals surface area (Å²) in [6.07, 6.45) is 1.25. The first kappa shape index (κ1) is 16.0. The van der Waals surface area contributed by atoms with Gasteiger partial charge in [0.1, 0.15) is 5.82 Å². The Morgan fingerprint density at radius 1 is 1.41 bits per heavy atom. The Kier molecular flexibility index (Phi) is 4.80. The number of fused-ring (bicyclic) bond motifs is 1. The first-order valence-electron chi connectivity index (χ1n) is 7.37. The highest BCUT2D eigenvalue weighted by atomic mass is 16.5. The standard InChI is InChI=1S/C16H21N3O3/c1-4-5-6-14(15(17)20)22-16(21)11-7-8-13-12(9-11)18-10(2)19(13)3/h7-9,14H,4-6H2,1-3H3,(H2,17,20). The molecule has 0 aliphatic heterocycles. The number of carbonyl (C=O) groups is 2. The minimum absolute atomic E-state index is 0.369. The van der Waals surface area contributed by atoms with Gasteiger partial charge in [-0.15, -0.1) is 0 Å². The van der Waals surface area contributed by atoms with E-state index in [9.17, 15) is 9.59 Å². The number of amides is 1. The zero-order chi connectivity index (χ0) is 16.3. The van der Waals surface area contributed by atoms with Crippen LogP contribution in [-0.2, 0) is 16.6 Å². The highest BCUT2D eigenvalue weighted by Gasteiger charge is 2.21. The zero-order valence-corrected chi connectivity index (χ0v) is 13.1. The molecule has 1 aromatic heterocycles. The molecule has 0 aliphatic carbocycles. The number of hydrogen-bond donors (Lipinski definition) is 1. The van der Waals surface area contributed by atoms with Crippen molar-refractivity contribution >= 4 is 22.9 Å². The minimum atomic E-state index is -0.881. The highest BCUT2D eigenvalue weighted by Crippen LogP contribution is 2.18. The van der Waals surface area contributed by atoms with Crippen LogP contribution < -0.4 is 5.73 Å². The molecule has 2 N–H and O–H groups in total. The van der Waals surface area contributed by atoms with Crippen molar-refractivity contribution in [2.24, 2.45) is 12.8 Å². The summed E-state index contributed by atoms with van der Waals surface area (Å²) in [7, 11) is 1.91. The third kappa shape index (κ3) is 3.27. The number of rotatable bonds is 6. The predicted octanol–water partition coefficient (Wildman–Crippen LogP) is 2.08. The molecule has 2 rings (SSSR count). The van der Waals surface area contributed by atoms with Crippen molar-refractivity contribution in [1.29, 1.82) is 0 Å². The van der Waals surface area contributed by atoms with E-state index < -0.39 is 18.0 Å². The Bertz CT molecular complexity index is 706. The van der Waals surface area contributed by atoms with Gasteiger partial charge < -0.3 is 15.0 Å². The number of esters is 1. The van der Waals surface area contributed by atoms with E-state index in [1.54, 1.807) is 12.1 Å². The maximum Gasteiger partial charge on any atom is 0.338 e. The maximum atomic E-state index is 12.2. The second kappa shape index (κ2) is 6.60. The molecule has 1 unspecified atom stereocenters. The van der Waals surface area contributed by atoms with Gasteiger partial charge in [0.05, 0.1) is 16.6 Å². The number of aryl methyl sites for hydroxylation is 2. The molecular formula is C16H21N3O3. The van der Waals surface area contributed by atoms with Gasteiger partial charge in [0, 0.05) is 7.05 Å². The van der Waals surface area contributed by atoms with E-state index in [1.165, 1.54) is 0 Å². The molecule has 0 radical (unpaired) electrons. The Morgan fingerprint density at radius 3 is 2.77 bits per heavy atom. The lowest BCUT2D eigenvalue weighted by molar-refractivity contribution is -0.127. The lowest BCUT2D eigenvalue weighted by Crippen LogP contribution is -2.33. The quantitative estimate of drug-likeness (QED) is 0.828. The van der Waals surface area contributed by atoms with Crippen molar-refractivity contribution in [3.8, 4) is 0 Å². The molecule has 1 atom stereocenters. The summed E-state index contributed by atoms with van der Waals surface area (Å²) in [6.45, 7) is 3.89. The minimum Gasteiger partial charge on any atom is -0.449 e. The number of primary amides is 1. The summed E-state index contributed by atoms with van der Waals surface area (Å²) in [6, 6.07) is 5.16. The SMILES string of the molecule is CCCCC(OC(=O)c1ccc2c(c1)nc(C)n2C)C(N)=O. The lowest BCUT2D eigenvalue weighted by Gasteiger charge is -2.14. The van der Waals surface area contributed by atoms with E-state index in [0.717, 1.165) is 29.7 Å². The number of hydrogen-bond acceptors (Lipinski definition) is 4. The van der Waals surface area contributed by atoms with Gasteiger partial charge in [0.25, 0.3) is 5.91 Å². The number of benzene rings is 1. The second-order valence-electron chi connectivity index (χ2n) is 5.36. The summed E-state index contributed by atoms with van der Waals surface area (Å²) in [5.74, 6) is -0.305. The van der Waals surface area contributed by atoms with Crippen LogP contribution in [0, 0.1) is 6.92 Å². The van der Waals surface area contributed by atoms with Crippen LogP contribution in [0.5, 0.6) is 0 Å². The van der Waals surface area contributed by atoms with E-state index in [0.29, 0.717) is 12.0 Å². The Labute approximate surface area is 129 Å². The van der Waals surface area contributed by atoms with Crippen LogP contribution >= 0.6 is 0 Å². The van der Waals surface area contributed by atoms with E-state index in [1.807, 2.05) is 31.5 Å². The first-order chi connectivity index (χ1) is 10.4. The van der Waals surface area contributed by atoms with Crippen LogP contribution in [-0.4, -0.2) is 27.5 Å². The molecule has 0 spiro atoms. The summed E-state index contributed by atoms with van der Waals surface area (Å²) in [5.41, 5.74) is 7.31. The topological polar surface area (TPSA) is 87.2 Å². The third-order valence-electron chi connectivity index (χ3n) is 3.73. The molecule has 0 saturated carbocycles. The number of ether oxygens (including phenoxy) is 1. The van der Waals surface area contributed by atoms with Crippen LogP contribution in [0.15, 0.2) is 18.2 Å². The smallest absolute Gasteiger partial charge is 0.338 e. The second-order valence-corrected chi connectivity index (χ2v) is 5.36. The van der Waals surface area contributed by atoms with Gasteiger partial charge in [0.2, 0.25) is 0 Å². The molecule has 2 aromatic rings. The fourth-order valence-corrected chi connectivity index (χ4v) is 2.29.